The molecule has 0 N–H and O–H groups in total. The van der Waals surface area contributed by atoms with Crippen LogP contribution in [0.2, 0.25) is 0 Å². The van der Waals surface area contributed by atoms with Gasteiger partial charge in [0.05, 0.1) is 6.04 Å². The fraction of sp³-hybridized carbons (Fsp3) is 0.312. The number of hydrogen-bond acceptors (Lipinski definition) is 6. The first-order valence-electron chi connectivity index (χ1n) is 7.40. The number of hydrogen-bond donors (Lipinski definition) is 0. The Hall–Kier alpha value is -2.05. The van der Waals surface area contributed by atoms with E-state index in [2.05, 4.69) is 36.9 Å². The van der Waals surface area contributed by atoms with Crippen LogP contribution in [0.25, 0.3) is 11.6 Å². The Labute approximate surface area is 132 Å². The second-order valence-corrected chi connectivity index (χ2v) is 6.20. The lowest BCUT2D eigenvalue weighted by molar-refractivity contribution is 0.216. The van der Waals surface area contributed by atoms with Crippen LogP contribution in [0.4, 0.5) is 0 Å². The minimum atomic E-state index is 0.213. The van der Waals surface area contributed by atoms with E-state index in [-0.39, 0.29) is 6.04 Å². The molecule has 0 spiro atoms. The monoisotopic (exact) mass is 312 g/mol. The van der Waals surface area contributed by atoms with Gasteiger partial charge in [-0.15, -0.1) is 10.2 Å². The number of aromatic nitrogens is 3. The van der Waals surface area contributed by atoms with Crippen molar-refractivity contribution in [2.45, 2.75) is 25.4 Å². The predicted octanol–water partition coefficient (Wildman–Crippen LogP) is 3.53. The molecule has 4 heterocycles. The normalized spacial score (nSPS) is 18.8. The smallest absolute Gasteiger partial charge is 0.266 e. The van der Waals surface area contributed by atoms with Crippen LogP contribution in [0.3, 0.4) is 0 Å². The van der Waals surface area contributed by atoms with Crippen LogP contribution in [0.1, 0.15) is 30.3 Å². The Balaban J connectivity index is 1.55. The molecule has 6 heteroatoms. The van der Waals surface area contributed by atoms with Gasteiger partial charge in [0, 0.05) is 12.7 Å². The lowest BCUT2D eigenvalue weighted by atomic mass is 10.2. The number of pyridine rings is 1. The van der Waals surface area contributed by atoms with Gasteiger partial charge in [-0.3, -0.25) is 9.88 Å². The summed E-state index contributed by atoms with van der Waals surface area (Å²) in [6.45, 7) is 2.01. The highest BCUT2D eigenvalue weighted by Crippen LogP contribution is 2.33. The van der Waals surface area contributed by atoms with Gasteiger partial charge >= 0.3 is 0 Å². The summed E-state index contributed by atoms with van der Waals surface area (Å²) < 4.78 is 5.88. The van der Waals surface area contributed by atoms with Crippen molar-refractivity contribution in [2.75, 3.05) is 6.54 Å². The second kappa shape index (κ2) is 5.98. The van der Waals surface area contributed by atoms with E-state index in [0.717, 1.165) is 31.6 Å². The summed E-state index contributed by atoms with van der Waals surface area (Å²) in [5.74, 6) is 1.20. The fourth-order valence-corrected chi connectivity index (χ4v) is 3.53. The molecule has 0 radical (unpaired) electrons. The molecule has 1 saturated heterocycles. The van der Waals surface area contributed by atoms with Gasteiger partial charge in [0.25, 0.3) is 5.89 Å². The van der Waals surface area contributed by atoms with E-state index < -0.39 is 0 Å². The van der Waals surface area contributed by atoms with E-state index in [1.54, 1.807) is 17.5 Å². The minimum Gasteiger partial charge on any atom is -0.418 e. The van der Waals surface area contributed by atoms with Gasteiger partial charge in [-0.25, -0.2) is 0 Å². The maximum atomic E-state index is 5.88. The summed E-state index contributed by atoms with van der Waals surface area (Å²) in [7, 11) is 0. The highest BCUT2D eigenvalue weighted by molar-refractivity contribution is 7.07. The quantitative estimate of drug-likeness (QED) is 0.737. The van der Waals surface area contributed by atoms with Gasteiger partial charge in [-0.05, 0) is 53.9 Å². The molecule has 3 aromatic heterocycles. The molecule has 0 aliphatic carbocycles. The Morgan fingerprint density at radius 3 is 3.09 bits per heavy atom. The Kier molecular flexibility index (Phi) is 3.70. The number of rotatable bonds is 4. The highest BCUT2D eigenvalue weighted by atomic mass is 32.1. The second-order valence-electron chi connectivity index (χ2n) is 5.42. The number of likely N-dealkylation sites (tertiary alicyclic amines) is 1. The molecule has 1 fully saturated rings. The molecular formula is C16H16N4OS. The molecule has 112 valence electrons. The largest absolute Gasteiger partial charge is 0.418 e. The minimum absolute atomic E-state index is 0.213. The molecule has 3 aromatic rings. The average molecular weight is 312 g/mol. The van der Waals surface area contributed by atoms with Crippen LogP contribution in [0, 0.1) is 0 Å². The van der Waals surface area contributed by atoms with E-state index in [0.29, 0.717) is 11.8 Å². The average Bonchev–Trinajstić information content (AvgIpc) is 3.30. The lowest BCUT2D eigenvalue weighted by Gasteiger charge is -2.20. The van der Waals surface area contributed by atoms with E-state index in [9.17, 15) is 0 Å². The van der Waals surface area contributed by atoms with Crippen LogP contribution in [-0.2, 0) is 6.54 Å². The highest BCUT2D eigenvalue weighted by Gasteiger charge is 2.30. The van der Waals surface area contributed by atoms with Gasteiger partial charge in [-0.1, -0.05) is 6.07 Å². The zero-order valence-electron chi connectivity index (χ0n) is 12.1. The Bertz CT molecular complexity index is 726. The van der Waals surface area contributed by atoms with Gasteiger partial charge in [0.1, 0.15) is 5.69 Å². The van der Waals surface area contributed by atoms with Crippen molar-refractivity contribution in [3.05, 3.63) is 52.7 Å². The maximum absolute atomic E-state index is 5.88. The molecule has 22 heavy (non-hydrogen) atoms. The summed E-state index contributed by atoms with van der Waals surface area (Å²) in [6, 6.07) is 8.07. The molecular weight excluding hydrogens is 296 g/mol. The zero-order chi connectivity index (χ0) is 14.8. The van der Waals surface area contributed by atoms with Gasteiger partial charge < -0.3 is 4.42 Å². The third-order valence-corrected chi connectivity index (χ3v) is 4.67. The summed E-state index contributed by atoms with van der Waals surface area (Å²) >= 11 is 1.74. The summed E-state index contributed by atoms with van der Waals surface area (Å²) in [6.07, 6.45) is 3.96. The van der Waals surface area contributed by atoms with Crippen LogP contribution in [-0.4, -0.2) is 26.6 Å². The molecule has 0 aromatic carbocycles. The van der Waals surface area contributed by atoms with E-state index in [4.69, 9.17) is 4.42 Å². The van der Waals surface area contributed by atoms with Crippen molar-refractivity contribution in [1.29, 1.82) is 0 Å². The van der Waals surface area contributed by atoms with Crippen LogP contribution < -0.4 is 0 Å². The summed E-state index contributed by atoms with van der Waals surface area (Å²) in [4.78, 5) is 6.67. The van der Waals surface area contributed by atoms with Crippen molar-refractivity contribution >= 4 is 11.3 Å². The Morgan fingerprint density at radius 1 is 1.27 bits per heavy atom. The molecule has 0 saturated carbocycles. The number of nitrogens with zero attached hydrogens (tertiary/aromatic N) is 4. The van der Waals surface area contributed by atoms with Crippen LogP contribution >= 0.6 is 11.3 Å². The van der Waals surface area contributed by atoms with Gasteiger partial charge in [0.15, 0.2) is 0 Å². The van der Waals surface area contributed by atoms with E-state index in [1.807, 2.05) is 18.2 Å². The first-order valence-corrected chi connectivity index (χ1v) is 8.34. The third-order valence-electron chi connectivity index (χ3n) is 3.94. The van der Waals surface area contributed by atoms with Crippen molar-refractivity contribution in [3.8, 4) is 11.6 Å². The molecule has 0 amide bonds. The SMILES string of the molecule is c1ccc(-c2nnc([C@@H]3CCCN3Cc3ccsc3)o2)nc1. The molecule has 1 aliphatic heterocycles. The van der Waals surface area contributed by atoms with Crippen molar-refractivity contribution in [3.63, 3.8) is 0 Å². The van der Waals surface area contributed by atoms with Gasteiger partial charge in [-0.2, -0.15) is 11.3 Å². The molecule has 1 aliphatic rings. The first-order chi connectivity index (χ1) is 10.9. The molecule has 5 nitrogen and oxygen atoms in total. The van der Waals surface area contributed by atoms with Crippen LogP contribution in [0.15, 0.2) is 45.6 Å². The third kappa shape index (κ3) is 2.67. The number of thiophene rings is 1. The van der Waals surface area contributed by atoms with Crippen molar-refractivity contribution < 1.29 is 4.42 Å². The summed E-state index contributed by atoms with van der Waals surface area (Å²) in [5.41, 5.74) is 2.07. The van der Waals surface area contributed by atoms with Crippen molar-refractivity contribution in [2.24, 2.45) is 0 Å². The maximum Gasteiger partial charge on any atom is 0.266 e. The summed E-state index contributed by atoms with van der Waals surface area (Å²) in [5, 5.41) is 12.7. The van der Waals surface area contributed by atoms with Gasteiger partial charge in [0.2, 0.25) is 5.89 Å². The lowest BCUT2D eigenvalue weighted by Crippen LogP contribution is -2.22. The molecule has 4 rings (SSSR count). The molecule has 0 bridgehead atoms. The van der Waals surface area contributed by atoms with E-state index in [1.165, 1.54) is 5.56 Å². The Morgan fingerprint density at radius 2 is 2.27 bits per heavy atom. The first kappa shape index (κ1) is 13.6. The van der Waals surface area contributed by atoms with Crippen LogP contribution in [0.5, 0.6) is 0 Å². The molecule has 0 unspecified atom stereocenters. The van der Waals surface area contributed by atoms with Crippen molar-refractivity contribution in [1.82, 2.24) is 20.1 Å². The van der Waals surface area contributed by atoms with E-state index >= 15 is 0 Å². The predicted molar refractivity (Wildman–Crippen MR) is 84.2 cm³/mol. The zero-order valence-corrected chi connectivity index (χ0v) is 12.9. The fourth-order valence-electron chi connectivity index (χ4n) is 2.87. The topological polar surface area (TPSA) is 55.1 Å². The molecule has 1 atom stereocenters. The standard InChI is InChI=1S/C16H16N4OS/c1-2-7-17-13(4-1)15-18-19-16(21-15)14-5-3-8-20(14)10-12-6-9-22-11-12/h1-2,4,6-7,9,11,14H,3,5,8,10H2/t14-/m0/s1.